The van der Waals surface area contributed by atoms with E-state index in [9.17, 15) is 0 Å². The van der Waals surface area contributed by atoms with Crippen molar-refractivity contribution < 1.29 is 4.74 Å². The van der Waals surface area contributed by atoms with Gasteiger partial charge in [0.15, 0.2) is 0 Å². The number of fused-ring (bicyclic) bond motifs is 2. The monoisotopic (exact) mass is 265 g/mol. The molecule has 2 aromatic carbocycles. The van der Waals surface area contributed by atoms with Crippen LogP contribution in [0.1, 0.15) is 34.7 Å². The van der Waals surface area contributed by atoms with Gasteiger partial charge in [0.25, 0.3) is 0 Å². The molecular weight excluding hydrogens is 246 g/mol. The van der Waals surface area contributed by atoms with Crippen LogP contribution in [0.2, 0.25) is 0 Å². The van der Waals surface area contributed by atoms with E-state index in [1.807, 2.05) is 0 Å². The Morgan fingerprint density at radius 1 is 0.950 bits per heavy atom. The van der Waals surface area contributed by atoms with Crippen molar-refractivity contribution in [1.29, 1.82) is 0 Å². The smallest absolute Gasteiger partial charge is 0.122 e. The molecule has 0 spiro atoms. The Labute approximate surface area is 119 Å². The Hall–Kier alpha value is -1.80. The van der Waals surface area contributed by atoms with Gasteiger partial charge in [-0.25, -0.2) is 0 Å². The summed E-state index contributed by atoms with van der Waals surface area (Å²) >= 11 is 0. The van der Waals surface area contributed by atoms with Crippen molar-refractivity contribution in [3.63, 3.8) is 0 Å². The second-order valence-electron chi connectivity index (χ2n) is 5.87. The third kappa shape index (κ3) is 1.92. The third-order valence-corrected chi connectivity index (χ3v) is 4.59. The van der Waals surface area contributed by atoms with Crippen molar-refractivity contribution in [3.8, 4) is 5.75 Å². The molecule has 0 amide bonds. The molecule has 4 rings (SSSR count). The van der Waals surface area contributed by atoms with E-state index in [0.29, 0.717) is 0 Å². The average molecular weight is 265 g/mol. The predicted molar refractivity (Wildman–Crippen MR) is 80.0 cm³/mol. The van der Waals surface area contributed by atoms with E-state index in [2.05, 4.69) is 42.5 Å². The molecule has 2 nitrogen and oxygen atoms in total. The molecule has 0 radical (unpaired) electrons. The molecule has 0 saturated carbocycles. The van der Waals surface area contributed by atoms with Crippen LogP contribution < -0.4 is 10.5 Å². The van der Waals surface area contributed by atoms with Gasteiger partial charge in [-0.15, -0.1) is 0 Å². The maximum absolute atomic E-state index is 6.33. The van der Waals surface area contributed by atoms with E-state index in [0.717, 1.165) is 12.2 Å². The van der Waals surface area contributed by atoms with Gasteiger partial charge in [-0.3, -0.25) is 0 Å². The summed E-state index contributed by atoms with van der Waals surface area (Å²) in [4.78, 5) is 0. The topological polar surface area (TPSA) is 35.2 Å². The molecule has 2 aliphatic carbocycles. The molecule has 0 saturated heterocycles. The van der Waals surface area contributed by atoms with Gasteiger partial charge >= 0.3 is 0 Å². The minimum atomic E-state index is -0.0144. The second-order valence-corrected chi connectivity index (χ2v) is 5.87. The Morgan fingerprint density at radius 3 is 2.70 bits per heavy atom. The number of benzene rings is 2. The summed E-state index contributed by atoms with van der Waals surface area (Å²) in [5.74, 6) is 0.971. The van der Waals surface area contributed by atoms with Gasteiger partial charge in [0, 0.05) is 6.42 Å². The van der Waals surface area contributed by atoms with Crippen LogP contribution in [0.15, 0.2) is 42.5 Å². The first kappa shape index (κ1) is 12.0. The first-order chi connectivity index (χ1) is 9.81. The summed E-state index contributed by atoms with van der Waals surface area (Å²) in [6.07, 6.45) is 4.64. The zero-order valence-corrected chi connectivity index (χ0v) is 11.5. The Morgan fingerprint density at radius 2 is 1.80 bits per heavy atom. The molecule has 2 aliphatic rings. The Balaban J connectivity index is 1.56. The van der Waals surface area contributed by atoms with Gasteiger partial charge < -0.3 is 10.5 Å². The van der Waals surface area contributed by atoms with E-state index in [-0.39, 0.29) is 12.1 Å². The van der Waals surface area contributed by atoms with Crippen LogP contribution in [0.3, 0.4) is 0 Å². The molecule has 2 atom stereocenters. The maximum Gasteiger partial charge on any atom is 0.122 e. The lowest BCUT2D eigenvalue weighted by Crippen LogP contribution is -2.27. The largest absolute Gasteiger partial charge is 0.488 e. The summed E-state index contributed by atoms with van der Waals surface area (Å²) in [5.41, 5.74) is 11.8. The average Bonchev–Trinajstić information content (AvgIpc) is 3.05. The molecular formula is C18H19NO. The summed E-state index contributed by atoms with van der Waals surface area (Å²) in [6.45, 7) is 0. The number of hydrogen-bond donors (Lipinski definition) is 1. The lowest BCUT2D eigenvalue weighted by atomic mass is 10.1. The van der Waals surface area contributed by atoms with Crippen molar-refractivity contribution in [2.24, 2.45) is 5.73 Å². The van der Waals surface area contributed by atoms with Crippen molar-refractivity contribution >= 4 is 0 Å². The molecule has 0 aromatic heterocycles. The summed E-state index contributed by atoms with van der Waals surface area (Å²) in [5, 5.41) is 0. The van der Waals surface area contributed by atoms with Crippen LogP contribution in [-0.2, 0) is 19.3 Å². The zero-order chi connectivity index (χ0) is 13.5. The molecule has 102 valence electrons. The second kappa shape index (κ2) is 4.64. The highest BCUT2D eigenvalue weighted by Crippen LogP contribution is 2.33. The molecule has 2 aromatic rings. The highest BCUT2D eigenvalue weighted by Gasteiger charge is 2.31. The number of hydrogen-bond acceptors (Lipinski definition) is 2. The summed E-state index contributed by atoms with van der Waals surface area (Å²) in [7, 11) is 0. The third-order valence-electron chi connectivity index (χ3n) is 4.59. The highest BCUT2D eigenvalue weighted by atomic mass is 16.5. The van der Waals surface area contributed by atoms with Crippen LogP contribution >= 0.6 is 0 Å². The molecule has 20 heavy (non-hydrogen) atoms. The quantitative estimate of drug-likeness (QED) is 0.905. The van der Waals surface area contributed by atoms with E-state index in [1.165, 1.54) is 41.5 Å². The predicted octanol–water partition coefficient (Wildman–Crippen LogP) is 3.18. The van der Waals surface area contributed by atoms with Gasteiger partial charge in [-0.05, 0) is 53.6 Å². The Kier molecular flexibility index (Phi) is 2.78. The molecule has 2 N–H and O–H groups in total. The molecule has 0 heterocycles. The van der Waals surface area contributed by atoms with Gasteiger partial charge in [0.05, 0.1) is 6.04 Å². The fourth-order valence-corrected chi connectivity index (χ4v) is 3.50. The van der Waals surface area contributed by atoms with E-state index in [1.54, 1.807) is 0 Å². The van der Waals surface area contributed by atoms with Crippen LogP contribution in [0, 0.1) is 0 Å². The van der Waals surface area contributed by atoms with Gasteiger partial charge in [-0.1, -0.05) is 30.3 Å². The fraction of sp³-hybridized carbons (Fsp3) is 0.333. The molecule has 0 bridgehead atoms. The standard InChI is InChI=1S/C18H19NO/c19-18-16-7-2-1-4-14(16)11-17(18)20-15-9-8-12-5-3-6-13(12)10-15/h1-2,4,7-10,17-18H,3,5-6,11,19H2. The molecule has 2 unspecified atom stereocenters. The first-order valence-electron chi connectivity index (χ1n) is 7.43. The van der Waals surface area contributed by atoms with Gasteiger partial charge in [0.2, 0.25) is 0 Å². The van der Waals surface area contributed by atoms with Crippen LogP contribution in [-0.4, -0.2) is 6.10 Å². The van der Waals surface area contributed by atoms with E-state index in [4.69, 9.17) is 10.5 Å². The SMILES string of the molecule is NC1c2ccccc2CC1Oc1ccc2c(c1)CCC2. The van der Waals surface area contributed by atoms with Gasteiger partial charge in [0.1, 0.15) is 11.9 Å². The number of aryl methyl sites for hydroxylation is 2. The van der Waals surface area contributed by atoms with Crippen LogP contribution in [0.4, 0.5) is 0 Å². The van der Waals surface area contributed by atoms with Crippen LogP contribution in [0.5, 0.6) is 5.75 Å². The van der Waals surface area contributed by atoms with E-state index < -0.39 is 0 Å². The first-order valence-corrected chi connectivity index (χ1v) is 7.43. The van der Waals surface area contributed by atoms with Crippen molar-refractivity contribution in [3.05, 3.63) is 64.7 Å². The summed E-state index contributed by atoms with van der Waals surface area (Å²) in [6, 6.07) is 14.9. The number of rotatable bonds is 2. The number of ether oxygens (including phenoxy) is 1. The Bertz CT molecular complexity index is 650. The lowest BCUT2D eigenvalue weighted by molar-refractivity contribution is 0.185. The zero-order valence-electron chi connectivity index (χ0n) is 11.5. The van der Waals surface area contributed by atoms with E-state index >= 15 is 0 Å². The van der Waals surface area contributed by atoms with Crippen molar-refractivity contribution in [1.82, 2.24) is 0 Å². The van der Waals surface area contributed by atoms with Crippen LogP contribution in [0.25, 0.3) is 0 Å². The fourth-order valence-electron chi connectivity index (χ4n) is 3.50. The van der Waals surface area contributed by atoms with Crippen molar-refractivity contribution in [2.45, 2.75) is 37.8 Å². The highest BCUT2D eigenvalue weighted by molar-refractivity contribution is 5.40. The summed E-state index contributed by atoms with van der Waals surface area (Å²) < 4.78 is 6.17. The molecule has 0 fully saturated rings. The minimum Gasteiger partial charge on any atom is -0.488 e. The minimum absolute atomic E-state index is 0.0144. The number of nitrogens with two attached hydrogens (primary N) is 1. The van der Waals surface area contributed by atoms with Crippen molar-refractivity contribution in [2.75, 3.05) is 0 Å². The van der Waals surface area contributed by atoms with Gasteiger partial charge in [-0.2, -0.15) is 0 Å². The maximum atomic E-state index is 6.33. The lowest BCUT2D eigenvalue weighted by Gasteiger charge is -2.19. The molecule has 0 aliphatic heterocycles. The molecule has 2 heteroatoms. The normalized spacial score (nSPS) is 23.4.